The first kappa shape index (κ1) is 92.2. The van der Waals surface area contributed by atoms with E-state index in [2.05, 4.69) is 79.4 Å². The first-order valence-electron chi connectivity index (χ1n) is 36.8. The summed E-state index contributed by atoms with van der Waals surface area (Å²) in [6.07, 6.45) is 3.76. The maximum absolute atomic E-state index is 14.2. The fraction of sp³-hybridized carbons (Fsp3) is 0.794. The van der Waals surface area contributed by atoms with Gasteiger partial charge in [0.1, 0.15) is 60.4 Å². The van der Waals surface area contributed by atoms with Crippen molar-refractivity contribution in [3.8, 4) is 0 Å². The molecule has 2 fully saturated rings. The van der Waals surface area contributed by atoms with Crippen LogP contribution in [0.3, 0.4) is 0 Å². The van der Waals surface area contributed by atoms with Crippen molar-refractivity contribution in [2.45, 2.75) is 257 Å². The zero-order valence-electron chi connectivity index (χ0n) is 62.9. The molecule has 0 aromatic carbocycles. The molecule has 0 unspecified atom stereocenters. The van der Waals surface area contributed by atoms with Gasteiger partial charge in [-0.1, -0.05) is 55.4 Å². The van der Waals surface area contributed by atoms with Gasteiger partial charge in [0.15, 0.2) is 5.96 Å². The summed E-state index contributed by atoms with van der Waals surface area (Å²) in [7, 11) is 0. The third kappa shape index (κ3) is 34.8. The van der Waals surface area contributed by atoms with E-state index < -0.39 is 169 Å². The molecule has 0 aromatic rings. The summed E-state index contributed by atoms with van der Waals surface area (Å²) in [5.74, 6) is -10.6. The lowest BCUT2D eigenvalue weighted by molar-refractivity contribution is -0.142. The van der Waals surface area contributed by atoms with Crippen LogP contribution in [0.2, 0.25) is 0 Å². The molecule has 36 nitrogen and oxygen atoms in total. The summed E-state index contributed by atoms with van der Waals surface area (Å²) in [5.41, 5.74) is 22.2. The predicted octanol–water partition coefficient (Wildman–Crippen LogP) is -5.16. The topological polar surface area (TPSA) is 571 Å². The van der Waals surface area contributed by atoms with Gasteiger partial charge in [0.25, 0.3) is 0 Å². The maximum Gasteiger partial charge on any atom is 0.326 e. The molecule has 2 saturated heterocycles. The second-order valence-corrected chi connectivity index (χ2v) is 28.7. The minimum absolute atomic E-state index is 0.0157. The number of nitrogens with one attached hydrogen (secondary N) is 14. The Morgan fingerprint density at radius 2 is 1.04 bits per heavy atom. The van der Waals surface area contributed by atoms with Crippen molar-refractivity contribution in [1.29, 1.82) is 0 Å². The third-order valence-corrected chi connectivity index (χ3v) is 17.5. The van der Waals surface area contributed by atoms with E-state index >= 15 is 0 Å². The Kier molecular flexibility index (Phi) is 43.4. The smallest absolute Gasteiger partial charge is 0.326 e. The molecule has 0 saturated carbocycles. The van der Waals surface area contributed by atoms with E-state index in [0.29, 0.717) is 90.6 Å². The Hall–Kier alpha value is -7.90. The summed E-state index contributed by atoms with van der Waals surface area (Å²) in [6, 6.07) is -14.4. The van der Waals surface area contributed by atoms with Gasteiger partial charge in [0.2, 0.25) is 70.9 Å². The molecule has 2 heterocycles. The highest BCUT2D eigenvalue weighted by molar-refractivity contribution is 5.99. The average Bonchev–Trinajstić information content (AvgIpc) is 1.68. The van der Waals surface area contributed by atoms with E-state index in [-0.39, 0.29) is 87.1 Å². The first-order valence-corrected chi connectivity index (χ1v) is 36.8. The zero-order valence-corrected chi connectivity index (χ0v) is 62.9. The summed E-state index contributed by atoms with van der Waals surface area (Å²) in [4.78, 5) is 182. The minimum atomic E-state index is -1.73. The van der Waals surface area contributed by atoms with Gasteiger partial charge in [-0.05, 0) is 160 Å². The number of aliphatic carboxylic acids is 1. The fourth-order valence-corrected chi connectivity index (χ4v) is 11.8. The maximum atomic E-state index is 14.2. The van der Waals surface area contributed by atoms with Gasteiger partial charge in [-0.2, -0.15) is 0 Å². The molecule has 14 atom stereocenters. The van der Waals surface area contributed by atoms with Crippen LogP contribution in [0, 0.1) is 23.7 Å². The number of carbonyl (C=O) groups is 13. The lowest BCUT2D eigenvalue weighted by atomic mass is 10.0. The minimum Gasteiger partial charge on any atom is -0.480 e. The number of hydrogen-bond acceptors (Lipinski definition) is 21. The van der Waals surface area contributed by atoms with Crippen LogP contribution in [0.25, 0.3) is 0 Å². The first-order chi connectivity index (χ1) is 49.0. The number of rotatable bonds is 51. The third-order valence-electron chi connectivity index (χ3n) is 17.5. The van der Waals surface area contributed by atoms with Crippen LogP contribution in [0.4, 0.5) is 0 Å². The highest BCUT2D eigenvalue weighted by Gasteiger charge is 2.40. The molecule has 104 heavy (non-hydrogen) atoms. The van der Waals surface area contributed by atoms with Gasteiger partial charge in [0, 0.05) is 38.8 Å². The number of nitrogens with two attached hydrogens (primary N) is 4. The number of nitrogens with zero attached hydrogens (tertiary/aromatic N) is 2. The second-order valence-electron chi connectivity index (χ2n) is 28.7. The Balaban J connectivity index is 2.09. The highest BCUT2D eigenvalue weighted by Crippen LogP contribution is 2.21. The highest BCUT2D eigenvalue weighted by atomic mass is 16.4. The molecular weight excluding hydrogens is 1350 g/mol. The van der Waals surface area contributed by atoms with Gasteiger partial charge in [-0.3, -0.25) is 62.5 Å². The van der Waals surface area contributed by atoms with Gasteiger partial charge in [-0.25, -0.2) is 4.79 Å². The van der Waals surface area contributed by atoms with Crippen molar-refractivity contribution in [3.05, 3.63) is 0 Å². The van der Waals surface area contributed by atoms with E-state index in [1.165, 1.54) is 18.7 Å². The Bertz CT molecular complexity index is 2790. The lowest BCUT2D eigenvalue weighted by Crippen LogP contribution is -2.62. The summed E-state index contributed by atoms with van der Waals surface area (Å²) < 4.78 is 0. The van der Waals surface area contributed by atoms with Crippen molar-refractivity contribution < 1.29 is 77.6 Å². The summed E-state index contributed by atoms with van der Waals surface area (Å²) >= 11 is 0. The Morgan fingerprint density at radius 1 is 0.529 bits per heavy atom. The van der Waals surface area contributed by atoms with Crippen LogP contribution < -0.4 is 97.4 Å². The molecule has 25 N–H and O–H groups in total. The molecule has 0 bridgehead atoms. The van der Waals surface area contributed by atoms with Crippen molar-refractivity contribution in [3.63, 3.8) is 0 Å². The molecule has 2 aliphatic heterocycles. The van der Waals surface area contributed by atoms with Crippen LogP contribution in [-0.4, -0.2) is 253 Å². The monoisotopic (exact) mass is 1480 g/mol. The van der Waals surface area contributed by atoms with Crippen LogP contribution in [0.1, 0.15) is 172 Å². The van der Waals surface area contributed by atoms with Crippen molar-refractivity contribution in [2.24, 2.45) is 51.6 Å². The number of aliphatic imine (C=N–C) groups is 1. The number of hydrogen-bond donors (Lipinski definition) is 21. The van der Waals surface area contributed by atoms with Crippen LogP contribution >= 0.6 is 0 Å². The number of carbonyl (C=O) groups excluding carboxylic acids is 12. The summed E-state index contributed by atoms with van der Waals surface area (Å²) in [6.45, 7) is 19.9. The molecule has 0 spiro atoms. The van der Waals surface area contributed by atoms with Crippen molar-refractivity contribution >= 4 is 82.8 Å². The van der Waals surface area contributed by atoms with Crippen molar-refractivity contribution in [2.75, 3.05) is 65.5 Å². The number of likely N-dealkylation sites (tertiary alicyclic amines) is 1. The molecule has 0 aromatic heterocycles. The SMILES string of the molecule is CC(C)C[C@H](NC(=O)[C@@H]1CCCN1)C(=O)N[C@@H](C)C(=O)N[C@@H](CCCN=C(N)N)C(=O)N[C@H](C(=O)N[C@@H](CC(C)C)C(=O)N[C@@H](CO)C(=O)N[C@H](C(=O)N[C@@H](C)CNCCN[C@@H](CC(C)C)C(=O)N1CCC[C@H]1C(=O)NCC(=O)N[C@@H](CCCCN)C(=O)N[C@@H](CCCCN)C(=O)O)C(C)C)[C@@H](C)O. The molecule has 36 heteroatoms. The van der Waals surface area contributed by atoms with E-state index in [1.807, 2.05) is 27.7 Å². The molecule has 594 valence electrons. The average molecular weight is 1480 g/mol. The fourth-order valence-electron chi connectivity index (χ4n) is 11.8. The number of guanidine groups is 1. The number of amides is 12. The van der Waals surface area contributed by atoms with Crippen molar-refractivity contribution in [1.82, 2.24) is 79.3 Å². The molecule has 2 aliphatic rings. The molecule has 12 amide bonds. The second kappa shape index (κ2) is 49.0. The van der Waals surface area contributed by atoms with Crippen LogP contribution in [0.5, 0.6) is 0 Å². The predicted molar refractivity (Wildman–Crippen MR) is 389 cm³/mol. The van der Waals surface area contributed by atoms with Gasteiger partial charge >= 0.3 is 5.97 Å². The molecule has 0 aliphatic carbocycles. The van der Waals surface area contributed by atoms with Gasteiger partial charge < -0.3 is 118 Å². The van der Waals surface area contributed by atoms with E-state index in [9.17, 15) is 77.6 Å². The Morgan fingerprint density at radius 3 is 1.60 bits per heavy atom. The number of unbranched alkanes of at least 4 members (excludes halogenated alkanes) is 2. The Labute approximate surface area is 611 Å². The van der Waals surface area contributed by atoms with E-state index in [4.69, 9.17) is 22.9 Å². The number of carboxylic acids is 1. The standard InChI is InChI=1S/C68H126N20O16/c1-37(2)31-48(83-57(93)44-21-16-26-74-44)60(96)79-42(10)56(92)81-46(22-17-27-76-68(71)72)59(95)87-55(43(11)90)65(101)84-49(32-38(3)4)61(97)85-51(36-89)62(98)86-54(40(7)8)64(100)78-41(9)34-73-28-29-75-50(33-39(5)6)66(102)88-30-18-23-52(88)63(99)77-35-53(91)80-45(19-12-14-24-69)58(94)82-47(67(103)104)20-13-15-25-70/h37-52,54-55,73-75,89-90H,12-36,69-70H2,1-11H3,(H,77,99)(H,78,100)(H,79,96)(H,80,91)(H,81,92)(H,82,94)(H,83,93)(H,84,101)(H,85,97)(H,86,98)(H,87,95)(H,103,104)(H4,71,72,76)/t41-,42-,43+,44-,45-,46-,47-,48-,49-,50-,51-,52-,54-,55-/m0/s1. The van der Waals surface area contributed by atoms with Gasteiger partial charge in [0.05, 0.1) is 31.3 Å². The van der Waals surface area contributed by atoms with E-state index in [0.717, 1.165) is 6.42 Å². The van der Waals surface area contributed by atoms with Gasteiger partial charge in [-0.15, -0.1) is 0 Å². The largest absolute Gasteiger partial charge is 0.480 e. The molecule has 0 radical (unpaired) electrons. The van der Waals surface area contributed by atoms with Crippen LogP contribution in [-0.2, 0) is 62.3 Å². The summed E-state index contributed by atoms with van der Waals surface area (Å²) in [5, 5.41) is 69.3. The zero-order chi connectivity index (χ0) is 78.3. The number of aliphatic hydroxyl groups excluding tert-OH is 2. The molecular formula is C68H126N20O16. The quantitative estimate of drug-likeness (QED) is 0.0154. The lowest BCUT2D eigenvalue weighted by Gasteiger charge is -2.30. The molecule has 2 rings (SSSR count). The normalized spacial score (nSPS) is 17.8. The number of aliphatic hydroxyl groups is 2. The number of carboxylic acid groups (broad SMARTS) is 1. The van der Waals surface area contributed by atoms with Crippen LogP contribution in [0.15, 0.2) is 4.99 Å². The van der Waals surface area contributed by atoms with E-state index in [1.54, 1.807) is 34.6 Å².